The van der Waals surface area contributed by atoms with Gasteiger partial charge in [-0.2, -0.15) is 0 Å². The van der Waals surface area contributed by atoms with E-state index in [1.54, 1.807) is 11.8 Å². The summed E-state index contributed by atoms with van der Waals surface area (Å²) in [5.41, 5.74) is 11.0. The van der Waals surface area contributed by atoms with Crippen LogP contribution in [0.2, 0.25) is 0 Å². The maximum Gasteiger partial charge on any atom is 0.224 e. The second-order valence-electron chi connectivity index (χ2n) is 5.09. The Labute approximate surface area is 117 Å². The van der Waals surface area contributed by atoms with Crippen LogP contribution in [0.1, 0.15) is 37.5 Å². The number of aliphatic hydroxyl groups is 1. The minimum atomic E-state index is -0.646. The van der Waals surface area contributed by atoms with Gasteiger partial charge in [-0.1, -0.05) is 17.2 Å². The van der Waals surface area contributed by atoms with Crippen LogP contribution < -0.4 is 4.90 Å². The Morgan fingerprint density at radius 2 is 2.40 bits per heavy atom. The van der Waals surface area contributed by atoms with E-state index in [-0.39, 0.29) is 18.5 Å². The molecule has 6 heteroatoms. The normalized spacial score (nSPS) is 18.4. The molecule has 0 saturated carbocycles. The molecule has 1 heterocycles. The molecule has 0 bridgehead atoms. The van der Waals surface area contributed by atoms with Gasteiger partial charge in [0.25, 0.3) is 0 Å². The van der Waals surface area contributed by atoms with Crippen molar-refractivity contribution in [2.24, 2.45) is 5.11 Å². The fourth-order valence-electron chi connectivity index (χ4n) is 2.73. The van der Waals surface area contributed by atoms with Gasteiger partial charge in [-0.05, 0) is 42.5 Å². The number of hydrogen-bond donors (Lipinski definition) is 1. The van der Waals surface area contributed by atoms with Gasteiger partial charge in [-0.3, -0.25) is 4.79 Å². The highest BCUT2D eigenvalue weighted by molar-refractivity contribution is 5.94. The molecule has 0 aromatic heterocycles. The lowest BCUT2D eigenvalue weighted by molar-refractivity contribution is -0.116. The van der Waals surface area contributed by atoms with E-state index in [9.17, 15) is 9.90 Å². The zero-order valence-corrected chi connectivity index (χ0v) is 11.7. The maximum atomic E-state index is 11.6. The van der Waals surface area contributed by atoms with Crippen LogP contribution in [0.3, 0.4) is 0 Å². The number of fused-ring (bicyclic) bond motifs is 1. The summed E-state index contributed by atoms with van der Waals surface area (Å²) in [6.45, 7) is 3.85. The number of anilines is 1. The predicted molar refractivity (Wildman–Crippen MR) is 76.4 cm³/mol. The van der Waals surface area contributed by atoms with Crippen LogP contribution in [-0.4, -0.2) is 23.6 Å². The number of amides is 1. The third-order valence-electron chi connectivity index (χ3n) is 3.61. The first-order valence-electron chi connectivity index (χ1n) is 6.66. The van der Waals surface area contributed by atoms with Crippen molar-refractivity contribution in [3.8, 4) is 0 Å². The fourth-order valence-corrected chi connectivity index (χ4v) is 2.73. The number of nitrogens with zero attached hydrogens (tertiary/aromatic N) is 4. The Balaban J connectivity index is 2.19. The number of azide groups is 1. The second kappa shape index (κ2) is 5.94. The number of hydrogen-bond acceptors (Lipinski definition) is 3. The highest BCUT2D eigenvalue weighted by atomic mass is 16.3. The van der Waals surface area contributed by atoms with Crippen molar-refractivity contribution >= 4 is 11.6 Å². The topological polar surface area (TPSA) is 89.3 Å². The van der Waals surface area contributed by atoms with Crippen molar-refractivity contribution in [3.63, 3.8) is 0 Å². The molecule has 0 radical (unpaired) electrons. The highest BCUT2D eigenvalue weighted by Crippen LogP contribution is 2.34. The number of rotatable bonds is 4. The van der Waals surface area contributed by atoms with Gasteiger partial charge in [0, 0.05) is 30.1 Å². The molecule has 1 aromatic rings. The Morgan fingerprint density at radius 3 is 3.05 bits per heavy atom. The molecular weight excluding hydrogens is 256 g/mol. The van der Waals surface area contributed by atoms with Crippen LogP contribution >= 0.6 is 0 Å². The van der Waals surface area contributed by atoms with Gasteiger partial charge in [0.15, 0.2) is 0 Å². The van der Waals surface area contributed by atoms with E-state index in [1.165, 1.54) is 0 Å². The van der Waals surface area contributed by atoms with E-state index in [0.717, 1.165) is 23.2 Å². The van der Waals surface area contributed by atoms with Gasteiger partial charge in [0.2, 0.25) is 5.91 Å². The van der Waals surface area contributed by atoms with E-state index in [2.05, 4.69) is 10.0 Å². The first kappa shape index (κ1) is 14.4. The molecule has 0 spiro atoms. The molecule has 2 rings (SSSR count). The lowest BCUT2D eigenvalue weighted by atomic mass is 10.0. The number of benzene rings is 1. The summed E-state index contributed by atoms with van der Waals surface area (Å²) in [7, 11) is 0. The van der Waals surface area contributed by atoms with Gasteiger partial charge >= 0.3 is 0 Å². The third-order valence-corrected chi connectivity index (χ3v) is 3.61. The Morgan fingerprint density at radius 1 is 1.65 bits per heavy atom. The van der Waals surface area contributed by atoms with Crippen molar-refractivity contribution in [3.05, 3.63) is 39.8 Å². The summed E-state index contributed by atoms with van der Waals surface area (Å²) in [5, 5.41) is 13.5. The largest absolute Gasteiger partial charge is 0.388 e. The molecule has 0 saturated heterocycles. The van der Waals surface area contributed by atoms with E-state index in [0.29, 0.717) is 6.42 Å². The molecule has 1 aliphatic rings. The minimum absolute atomic E-state index is 0.0351. The molecule has 20 heavy (non-hydrogen) atoms. The summed E-state index contributed by atoms with van der Waals surface area (Å²) in [5.74, 6) is 0.0351. The smallest absolute Gasteiger partial charge is 0.224 e. The molecule has 2 atom stereocenters. The average molecular weight is 274 g/mol. The molecule has 1 aliphatic heterocycles. The van der Waals surface area contributed by atoms with Crippen LogP contribution in [0.25, 0.3) is 10.4 Å². The van der Waals surface area contributed by atoms with Gasteiger partial charge in [-0.15, -0.1) is 0 Å². The van der Waals surface area contributed by atoms with Gasteiger partial charge in [0.05, 0.1) is 6.10 Å². The molecule has 0 aliphatic carbocycles. The van der Waals surface area contributed by atoms with E-state index in [1.807, 2.05) is 25.1 Å². The zero-order valence-electron chi connectivity index (χ0n) is 11.7. The zero-order chi connectivity index (χ0) is 14.7. The molecule has 1 amide bonds. The third kappa shape index (κ3) is 2.76. The molecule has 1 N–H and O–H groups in total. The van der Waals surface area contributed by atoms with Crippen LogP contribution in [0.4, 0.5) is 5.69 Å². The Hall–Kier alpha value is -2.04. The number of carbonyl (C=O) groups is 1. The van der Waals surface area contributed by atoms with Crippen molar-refractivity contribution < 1.29 is 9.90 Å². The molecule has 6 nitrogen and oxygen atoms in total. The SMILES string of the molecule is CC(=O)N1c2ccc(C(O)CCN=[N+]=[N-])cc2CC1C. The highest BCUT2D eigenvalue weighted by Gasteiger charge is 2.29. The quantitative estimate of drug-likeness (QED) is 0.519. The van der Waals surface area contributed by atoms with Crippen LogP contribution in [0.15, 0.2) is 23.3 Å². The average Bonchev–Trinajstić information content (AvgIpc) is 2.73. The first-order chi connectivity index (χ1) is 9.54. The van der Waals surface area contributed by atoms with E-state index < -0.39 is 6.10 Å². The summed E-state index contributed by atoms with van der Waals surface area (Å²) < 4.78 is 0. The number of aliphatic hydroxyl groups excluding tert-OH is 1. The summed E-state index contributed by atoms with van der Waals surface area (Å²) >= 11 is 0. The van der Waals surface area contributed by atoms with E-state index in [4.69, 9.17) is 5.53 Å². The summed E-state index contributed by atoms with van der Waals surface area (Å²) in [6, 6.07) is 5.80. The molecule has 2 unspecified atom stereocenters. The second-order valence-corrected chi connectivity index (χ2v) is 5.09. The lowest BCUT2D eigenvalue weighted by Gasteiger charge is -2.20. The first-order valence-corrected chi connectivity index (χ1v) is 6.66. The van der Waals surface area contributed by atoms with Gasteiger partial charge < -0.3 is 10.0 Å². The number of carbonyl (C=O) groups excluding carboxylic acids is 1. The van der Waals surface area contributed by atoms with Crippen LogP contribution in [-0.2, 0) is 11.2 Å². The van der Waals surface area contributed by atoms with Crippen molar-refractivity contribution in [1.29, 1.82) is 0 Å². The van der Waals surface area contributed by atoms with Crippen LogP contribution in [0, 0.1) is 0 Å². The molecular formula is C14H18N4O2. The standard InChI is InChI=1S/C14H18N4O2/c1-9-7-12-8-11(14(20)5-6-16-17-15)3-4-13(12)18(9)10(2)19/h3-4,8-9,14,20H,5-7H2,1-2H3. The predicted octanol–water partition coefficient (Wildman–Crippen LogP) is 2.72. The van der Waals surface area contributed by atoms with Gasteiger partial charge in [-0.25, -0.2) is 0 Å². The molecule has 0 fully saturated rings. The van der Waals surface area contributed by atoms with Crippen molar-refractivity contribution in [2.45, 2.75) is 38.8 Å². The minimum Gasteiger partial charge on any atom is -0.388 e. The van der Waals surface area contributed by atoms with Gasteiger partial charge in [0.1, 0.15) is 0 Å². The van der Waals surface area contributed by atoms with E-state index >= 15 is 0 Å². The monoisotopic (exact) mass is 274 g/mol. The summed E-state index contributed by atoms with van der Waals surface area (Å²) in [4.78, 5) is 16.1. The Bertz CT molecular complexity index is 566. The van der Waals surface area contributed by atoms with Crippen LogP contribution in [0.5, 0.6) is 0 Å². The Kier molecular flexibility index (Phi) is 4.27. The molecule has 106 valence electrons. The maximum absolute atomic E-state index is 11.6. The molecule has 1 aromatic carbocycles. The summed E-state index contributed by atoms with van der Waals surface area (Å²) in [6.07, 6.45) is 0.549. The van der Waals surface area contributed by atoms with Crippen molar-refractivity contribution in [1.82, 2.24) is 0 Å². The van der Waals surface area contributed by atoms with Crippen molar-refractivity contribution in [2.75, 3.05) is 11.4 Å². The lowest BCUT2D eigenvalue weighted by Crippen LogP contribution is -2.33. The fraction of sp³-hybridized carbons (Fsp3) is 0.500.